The smallest absolute Gasteiger partial charge is 0.335 e. The van der Waals surface area contributed by atoms with E-state index in [1.54, 1.807) is 11.9 Å². The van der Waals surface area contributed by atoms with Gasteiger partial charge in [-0.1, -0.05) is 101 Å². The van der Waals surface area contributed by atoms with Crippen LogP contribution in [-0.4, -0.2) is 253 Å². The van der Waals surface area contributed by atoms with E-state index >= 15 is 4.79 Å². The fourth-order valence-corrected chi connectivity index (χ4v) is 25.4. The maximum atomic E-state index is 15.0. The highest BCUT2D eigenvalue weighted by atomic mass is 32.1. The Bertz CT molecular complexity index is 5780. The predicted molar refractivity (Wildman–Crippen MR) is 533 cm³/mol. The average molecular weight is 1940 g/mol. The SMILES string of the molecule is C.CCn1c(-c2cccnc2C(C)C)c2c3cc(ccc31)-c1csc(n1)C[C@H](NC(=O)[C@H](C1CCCC1)N1CC[C@]3(CCN(C(=O)[C@@H]4O[C@@H]4C)C3)C1)C(=O)N1CCC[C@H](N1)C(=O)OCC(C)(C)C2.CCn1c(-c2cccnc2C(C)C)c2c3cc(ccc31)-c1csc(n1)C[C@H](NC(=O)[C@H](C1CCCC1)N1CC[C@]3(CCNC3)C1)C(=O)N1CCC[C@H](N1)C(=O)OCC(C)(C)C2.C[C@H]1O[C@H]1C(=O)O.[2H]CF. The van der Waals surface area contributed by atoms with E-state index in [9.17, 15) is 38.0 Å². The lowest BCUT2D eigenvalue weighted by molar-refractivity contribution is -0.156. The molecule has 746 valence electrons. The van der Waals surface area contributed by atoms with E-state index in [0.29, 0.717) is 64.7 Å². The molecular formula is C106H145FN16O13S2. The number of aromatic nitrogens is 6. The molecule has 12 aliphatic rings. The number of fused-ring (bicyclic) bond motifs is 12. The number of benzene rings is 2. The number of aryl methyl sites for hydroxylation is 2. The summed E-state index contributed by atoms with van der Waals surface area (Å²) in [6, 6.07) is 17.8. The lowest BCUT2D eigenvalue weighted by atomic mass is 9.84. The van der Waals surface area contributed by atoms with Crippen molar-refractivity contribution < 1.29 is 68.2 Å². The van der Waals surface area contributed by atoms with E-state index in [1.165, 1.54) is 38.8 Å². The van der Waals surface area contributed by atoms with E-state index in [4.69, 9.17) is 40.6 Å². The largest absolute Gasteiger partial charge is 0.479 e. The van der Waals surface area contributed by atoms with Crippen LogP contribution in [0.3, 0.4) is 0 Å². The van der Waals surface area contributed by atoms with Crippen LogP contribution in [0.25, 0.3) is 66.8 Å². The number of hydrogen-bond donors (Lipinski definition) is 6. The first-order chi connectivity index (χ1) is 66.3. The van der Waals surface area contributed by atoms with Crippen LogP contribution >= 0.6 is 22.7 Å². The number of likely N-dealkylation sites (tertiary alicyclic amines) is 3. The average Bonchev–Trinajstić information content (AvgIpc) is 1.52. The van der Waals surface area contributed by atoms with E-state index < -0.39 is 60.3 Å². The van der Waals surface area contributed by atoms with E-state index in [-0.39, 0.29) is 134 Å². The van der Waals surface area contributed by atoms with Gasteiger partial charge in [-0.25, -0.2) is 25.6 Å². The van der Waals surface area contributed by atoms with Crippen LogP contribution in [0.2, 0.25) is 0 Å². The lowest BCUT2D eigenvalue weighted by Gasteiger charge is -2.37. The summed E-state index contributed by atoms with van der Waals surface area (Å²) in [6.07, 6.45) is 19.4. The van der Waals surface area contributed by atoms with Crippen molar-refractivity contribution in [3.05, 3.63) is 116 Å². The van der Waals surface area contributed by atoms with Crippen LogP contribution in [0.15, 0.2) is 83.8 Å². The Morgan fingerprint density at radius 3 is 1.43 bits per heavy atom. The Hall–Kier alpha value is -9.51. The molecule has 12 atom stereocenters. The molecule has 16 heterocycles. The van der Waals surface area contributed by atoms with Crippen molar-refractivity contribution in [1.29, 1.82) is 0 Å². The number of alkyl halides is 1. The van der Waals surface area contributed by atoms with Crippen LogP contribution in [-0.2, 0) is 96.1 Å². The Balaban J connectivity index is 0.000000182. The third-order valence-electron chi connectivity index (χ3n) is 30.9. The van der Waals surface area contributed by atoms with Crippen LogP contribution < -0.4 is 26.8 Å². The Labute approximate surface area is 821 Å². The summed E-state index contributed by atoms with van der Waals surface area (Å²) >= 11 is 3.03. The number of aliphatic carboxylic acids is 1. The summed E-state index contributed by atoms with van der Waals surface area (Å²) in [5.74, 6) is -1.38. The molecule has 32 heteroatoms. The number of carboxylic acid groups (broad SMARTS) is 1. The van der Waals surface area contributed by atoms with E-state index in [1.807, 2.05) is 36.4 Å². The molecule has 0 radical (unpaired) electrons. The molecule has 6 N–H and O–H groups in total. The van der Waals surface area contributed by atoms with E-state index in [0.717, 1.165) is 218 Å². The second-order valence-electron chi connectivity index (χ2n) is 42.8. The maximum Gasteiger partial charge on any atom is 0.335 e. The van der Waals surface area contributed by atoms with Crippen molar-refractivity contribution in [3.8, 4) is 45.0 Å². The van der Waals surface area contributed by atoms with Crippen LogP contribution in [0.4, 0.5) is 4.39 Å². The number of esters is 2. The van der Waals surface area contributed by atoms with Gasteiger partial charge >= 0.3 is 17.9 Å². The van der Waals surface area contributed by atoms with Crippen LogP contribution in [0, 0.1) is 33.5 Å². The van der Waals surface area contributed by atoms with Crippen molar-refractivity contribution in [3.63, 3.8) is 0 Å². The molecule has 12 bridgehead atoms. The number of cyclic esters (lactones) is 2. The van der Waals surface area contributed by atoms with Gasteiger partial charge in [-0.05, 0) is 226 Å². The minimum absolute atomic E-state index is 0. The molecule has 20 rings (SSSR count). The number of epoxide rings is 2. The summed E-state index contributed by atoms with van der Waals surface area (Å²) in [5.41, 5.74) is 20.7. The van der Waals surface area contributed by atoms with Crippen molar-refractivity contribution in [1.82, 2.24) is 80.6 Å². The number of rotatable bonds is 16. The number of pyridine rings is 2. The molecule has 5 amide bonds. The summed E-state index contributed by atoms with van der Waals surface area (Å²) in [7, 11) is -1.00. The standard InChI is InChI=1S/C52H68N8O6S.C48H64N8O4S.C4H6O3.CH3F.CH4/c1-7-59-41-17-16-34-24-36(41)37(45(59)35-14-10-20-53-43(35)31(2)3)26-51(5,6)30-65-50(64)38-15-11-21-60(56-38)48(62)39(25-42-54-40(34)27-67-42)55-47(61)44(33-12-8-9-13-33)57-22-18-52(28-57)19-23-58(29-52)49(63)46-32(4)66-46;1-6-55-39-16-15-32-23-34(39)35(43(55)33-13-9-19-50-41(33)30(2)3)25-47(4,5)29-60-46(59)36-14-10-21-56(53-36)45(58)37(24-40-51-38(32)26-61-40)52-44(57)42(31-11-7-8-12-31)54-22-18-48(28-54)17-20-49-27-48;1-2-3(7-2)4(5)6;1-2;/h10,14,16-17,20,24,27,31-33,38-39,44,46,56H,7-9,11-13,15,18-19,21-23,25-26,28-30H2,1-6H3,(H,55,61);9,13,15-16,19,23,26,30-31,36-37,42,49,53H,6-8,10-12,14,17-18,20-22,24-25,27-29H2,1-5H3,(H,52,57);2-3H,1H3,(H,5,6);1H3;1H4/t32-,38+,39+,44+,46-,52+;36-,37-,42-,48-;2-,3-;;/m101../s1/i;;;1D;. The summed E-state index contributed by atoms with van der Waals surface area (Å²) in [6.45, 7) is 34.9. The Morgan fingerprint density at radius 2 is 1.02 bits per heavy atom. The van der Waals surface area contributed by atoms with Gasteiger partial charge in [0.15, 0.2) is 12.2 Å². The van der Waals surface area contributed by atoms with Gasteiger partial charge in [-0.2, -0.15) is 0 Å². The molecule has 10 fully saturated rings. The minimum Gasteiger partial charge on any atom is -0.479 e. The van der Waals surface area contributed by atoms with Gasteiger partial charge in [0.05, 0.1) is 90.2 Å². The lowest BCUT2D eigenvalue weighted by Crippen LogP contribution is -2.62. The van der Waals surface area contributed by atoms with Crippen molar-refractivity contribution in [2.45, 2.75) is 305 Å². The summed E-state index contributed by atoms with van der Waals surface area (Å²) in [4.78, 5) is 137. The first-order valence-corrected chi connectivity index (χ1v) is 52.1. The van der Waals surface area contributed by atoms with Crippen LogP contribution in [0.5, 0.6) is 0 Å². The van der Waals surface area contributed by atoms with Gasteiger partial charge in [0.25, 0.3) is 17.7 Å². The molecule has 2 spiro atoms. The highest BCUT2D eigenvalue weighted by Gasteiger charge is 2.54. The molecule has 0 unspecified atom stereocenters. The zero-order chi connectivity index (χ0) is 97.4. The maximum absolute atomic E-state index is 15.0. The number of nitrogens with one attached hydrogen (secondary N) is 5. The molecule has 6 aromatic heterocycles. The third kappa shape index (κ3) is 21.8. The van der Waals surface area contributed by atoms with Gasteiger partial charge in [-0.3, -0.25) is 67.7 Å². The zero-order valence-electron chi connectivity index (χ0n) is 82.9. The molecule has 138 heavy (non-hydrogen) atoms. The number of carbonyl (C=O) groups is 8. The first-order valence-electron chi connectivity index (χ1n) is 51.0. The van der Waals surface area contributed by atoms with Crippen molar-refractivity contribution >= 4 is 91.9 Å². The molecular weight excluding hydrogens is 1790 g/mol. The summed E-state index contributed by atoms with van der Waals surface area (Å²) < 4.78 is 42.8. The Morgan fingerprint density at radius 1 is 0.587 bits per heavy atom. The topological polar surface area (TPSA) is 338 Å². The highest BCUT2D eigenvalue weighted by Crippen LogP contribution is 2.49. The molecule has 2 saturated carbocycles. The third-order valence-corrected chi connectivity index (χ3v) is 32.6. The number of hydrazine groups is 2. The quantitative estimate of drug-likeness (QED) is 0.0386. The van der Waals surface area contributed by atoms with Crippen LogP contribution in [0.1, 0.15) is 239 Å². The van der Waals surface area contributed by atoms with E-state index in [2.05, 4.69) is 179 Å². The normalized spacial score (nSPS) is 26.8. The number of carboxylic acids is 1. The highest BCUT2D eigenvalue weighted by molar-refractivity contribution is 7.10. The molecule has 29 nitrogen and oxygen atoms in total. The number of carbonyl (C=O) groups excluding carboxylic acids is 7. The second kappa shape index (κ2) is 42.7. The van der Waals surface area contributed by atoms with Gasteiger partial charge in [-0.15, -0.1) is 22.7 Å². The van der Waals surface area contributed by atoms with Gasteiger partial charge in [0.1, 0.15) is 24.2 Å². The van der Waals surface area contributed by atoms with Crippen molar-refractivity contribution in [2.75, 3.05) is 85.8 Å². The number of hydrogen-bond acceptors (Lipinski definition) is 23. The van der Waals surface area contributed by atoms with Gasteiger partial charge in [0.2, 0.25) is 11.8 Å². The predicted octanol–water partition coefficient (Wildman–Crippen LogP) is 14.8. The fraction of sp³-hybridized carbons (Fsp3) is 0.623. The van der Waals surface area contributed by atoms with Gasteiger partial charge < -0.3 is 54.0 Å². The monoisotopic (exact) mass is 1930 g/mol. The number of thiazole rings is 2. The first kappa shape index (κ1) is 100. The second-order valence-corrected chi connectivity index (χ2v) is 44.7. The fourth-order valence-electron chi connectivity index (χ4n) is 23.7. The van der Waals surface area contributed by atoms with Gasteiger partial charge in [0, 0.05) is 155 Å². The number of ether oxygens (including phenoxy) is 4. The molecule has 2 aliphatic carbocycles. The number of nitrogens with zero attached hydrogens (tertiary/aromatic N) is 11. The summed E-state index contributed by atoms with van der Waals surface area (Å²) in [5, 5.41) is 29.3. The molecule has 8 aromatic rings. The number of amides is 5. The molecule has 10 aliphatic heterocycles. The minimum atomic E-state index is -1.00. The Kier molecular flexibility index (Phi) is 31.0. The molecule has 2 aromatic carbocycles. The number of halogens is 1. The zero-order valence-corrected chi connectivity index (χ0v) is 83.5. The van der Waals surface area contributed by atoms with Crippen molar-refractivity contribution in [2.24, 2.45) is 33.5 Å². The molecule has 8 saturated heterocycles.